The average molecular weight is 526 g/mol. The van der Waals surface area contributed by atoms with Crippen LogP contribution in [-0.4, -0.2) is 81.4 Å². The minimum atomic E-state index is -1.62. The number of aromatic nitrogens is 1. The third-order valence-electron chi connectivity index (χ3n) is 5.98. The van der Waals surface area contributed by atoms with E-state index in [1.54, 1.807) is 6.20 Å². The molecule has 202 valence electrons. The number of aliphatic hydroxyl groups excluding tert-OH is 2. The van der Waals surface area contributed by atoms with Crippen molar-refractivity contribution >= 4 is 34.6 Å². The Morgan fingerprint density at radius 2 is 1.34 bits per heavy atom. The molecule has 0 aliphatic carbocycles. The van der Waals surface area contributed by atoms with Gasteiger partial charge < -0.3 is 42.0 Å². The van der Waals surface area contributed by atoms with Gasteiger partial charge in [0.1, 0.15) is 18.1 Å². The molecule has 12 heteroatoms. The number of carboxylic acids is 1. The summed E-state index contributed by atoms with van der Waals surface area (Å²) >= 11 is 0. The lowest BCUT2D eigenvalue weighted by Crippen LogP contribution is -2.59. The van der Waals surface area contributed by atoms with Crippen LogP contribution >= 0.6 is 0 Å². The number of fused-ring (bicyclic) bond motifs is 1. The highest BCUT2D eigenvalue weighted by molar-refractivity contribution is 5.95. The smallest absolute Gasteiger partial charge is 0.328 e. The molecule has 4 atom stereocenters. The predicted molar refractivity (Wildman–Crippen MR) is 138 cm³/mol. The molecular formula is C26H31N5O7. The number of aliphatic carboxylic acids is 1. The summed E-state index contributed by atoms with van der Waals surface area (Å²) in [5.74, 6) is -3.88. The maximum Gasteiger partial charge on any atom is 0.328 e. The molecule has 3 amide bonds. The SMILES string of the molecule is NC(Cc1ccccc1)C(=O)NC(Cc1c[nH]c2ccccc12)C(=O)NC(CO)C(=O)NC(CO)C(=O)O. The fraction of sp³-hybridized carbons (Fsp3) is 0.308. The second kappa shape index (κ2) is 13.3. The van der Waals surface area contributed by atoms with E-state index in [0.717, 1.165) is 16.5 Å². The van der Waals surface area contributed by atoms with Crippen molar-refractivity contribution in [1.29, 1.82) is 0 Å². The number of carbonyl (C=O) groups excluding carboxylic acids is 3. The van der Waals surface area contributed by atoms with Crippen LogP contribution in [0.15, 0.2) is 60.8 Å². The van der Waals surface area contributed by atoms with Gasteiger partial charge in [-0.3, -0.25) is 14.4 Å². The molecule has 3 rings (SSSR count). The summed E-state index contributed by atoms with van der Waals surface area (Å²) in [6.45, 7) is -1.73. The van der Waals surface area contributed by atoms with Gasteiger partial charge in [0, 0.05) is 23.5 Å². The van der Waals surface area contributed by atoms with Crippen molar-refractivity contribution in [1.82, 2.24) is 20.9 Å². The highest BCUT2D eigenvalue weighted by Gasteiger charge is 2.30. The van der Waals surface area contributed by atoms with Crippen LogP contribution < -0.4 is 21.7 Å². The second-order valence-electron chi connectivity index (χ2n) is 8.75. The van der Waals surface area contributed by atoms with Gasteiger partial charge >= 0.3 is 5.97 Å². The quantitative estimate of drug-likeness (QED) is 0.136. The van der Waals surface area contributed by atoms with Crippen LogP contribution in [0, 0.1) is 0 Å². The first-order valence-corrected chi connectivity index (χ1v) is 11.9. The van der Waals surface area contributed by atoms with Crippen LogP contribution in [0.3, 0.4) is 0 Å². The van der Waals surface area contributed by atoms with Crippen LogP contribution in [-0.2, 0) is 32.0 Å². The monoisotopic (exact) mass is 525 g/mol. The summed E-state index contributed by atoms with van der Waals surface area (Å²) < 4.78 is 0. The fourth-order valence-corrected chi connectivity index (χ4v) is 3.89. The molecule has 0 saturated carbocycles. The molecular weight excluding hydrogens is 494 g/mol. The predicted octanol–water partition coefficient (Wildman–Crippen LogP) is -1.20. The molecule has 0 aliphatic rings. The van der Waals surface area contributed by atoms with Gasteiger partial charge in [-0.15, -0.1) is 0 Å². The Balaban J connectivity index is 1.78. The molecule has 0 radical (unpaired) electrons. The number of aliphatic hydroxyl groups is 2. The first-order chi connectivity index (χ1) is 18.2. The summed E-state index contributed by atoms with van der Waals surface area (Å²) in [7, 11) is 0. The standard InChI is InChI=1S/C26H31N5O7/c27-18(10-15-6-2-1-3-7-15)23(34)29-20(11-16-12-28-19-9-5-4-8-17(16)19)24(35)30-21(13-32)25(36)31-22(14-33)26(37)38/h1-9,12,18,20-22,28,32-33H,10-11,13-14,27H2,(H,29,34)(H,30,35)(H,31,36)(H,37,38). The van der Waals surface area contributed by atoms with Crippen molar-refractivity contribution in [3.05, 3.63) is 71.9 Å². The Morgan fingerprint density at radius 3 is 2.00 bits per heavy atom. The number of nitrogens with one attached hydrogen (secondary N) is 4. The Hall–Kier alpha value is -4.26. The summed E-state index contributed by atoms with van der Waals surface area (Å²) in [5.41, 5.74) is 8.48. The van der Waals surface area contributed by atoms with E-state index in [-0.39, 0.29) is 12.8 Å². The van der Waals surface area contributed by atoms with Crippen LogP contribution in [0.25, 0.3) is 10.9 Å². The normalized spacial score (nSPS) is 14.2. The molecule has 0 fully saturated rings. The zero-order chi connectivity index (χ0) is 27.7. The van der Waals surface area contributed by atoms with E-state index >= 15 is 0 Å². The number of rotatable bonds is 13. The molecule has 1 aromatic heterocycles. The van der Waals surface area contributed by atoms with Gasteiger partial charge in [0.05, 0.1) is 19.3 Å². The van der Waals surface area contributed by atoms with Gasteiger partial charge in [-0.25, -0.2) is 4.79 Å². The number of H-pyrrole nitrogens is 1. The molecule has 1 heterocycles. The lowest BCUT2D eigenvalue weighted by molar-refractivity contribution is -0.143. The van der Waals surface area contributed by atoms with Gasteiger partial charge in [0.2, 0.25) is 17.7 Å². The zero-order valence-electron chi connectivity index (χ0n) is 20.5. The van der Waals surface area contributed by atoms with Gasteiger partial charge in [0.25, 0.3) is 0 Å². The summed E-state index contributed by atoms with van der Waals surface area (Å²) in [4.78, 5) is 52.9. The van der Waals surface area contributed by atoms with Crippen LogP contribution in [0.5, 0.6) is 0 Å². The summed E-state index contributed by atoms with van der Waals surface area (Å²) in [5, 5.41) is 35.7. The number of carboxylic acid groups (broad SMARTS) is 1. The van der Waals surface area contributed by atoms with Gasteiger partial charge in [0.15, 0.2) is 0 Å². The molecule has 9 N–H and O–H groups in total. The first kappa shape index (κ1) is 28.3. The van der Waals surface area contributed by atoms with Crippen molar-refractivity contribution in [2.75, 3.05) is 13.2 Å². The maximum atomic E-state index is 13.3. The molecule has 3 aromatic rings. The summed E-state index contributed by atoms with van der Waals surface area (Å²) in [6.07, 6.45) is 1.97. The maximum absolute atomic E-state index is 13.3. The van der Waals surface area contributed by atoms with E-state index in [1.165, 1.54) is 0 Å². The van der Waals surface area contributed by atoms with E-state index in [9.17, 15) is 24.3 Å². The van der Waals surface area contributed by atoms with Crippen LogP contribution in [0.4, 0.5) is 0 Å². The Morgan fingerprint density at radius 1 is 0.763 bits per heavy atom. The molecule has 38 heavy (non-hydrogen) atoms. The van der Waals surface area contributed by atoms with Gasteiger partial charge in [-0.05, 0) is 23.6 Å². The lowest BCUT2D eigenvalue weighted by atomic mass is 10.0. The zero-order valence-corrected chi connectivity index (χ0v) is 20.5. The molecule has 0 bridgehead atoms. The molecule has 0 spiro atoms. The number of amides is 3. The molecule has 4 unspecified atom stereocenters. The molecule has 12 nitrogen and oxygen atoms in total. The van der Waals surface area contributed by atoms with Gasteiger partial charge in [-0.1, -0.05) is 48.5 Å². The highest BCUT2D eigenvalue weighted by atomic mass is 16.4. The van der Waals surface area contributed by atoms with Gasteiger partial charge in [-0.2, -0.15) is 0 Å². The van der Waals surface area contributed by atoms with E-state index in [1.807, 2.05) is 59.9 Å². The molecule has 2 aromatic carbocycles. The average Bonchev–Trinajstić information content (AvgIpc) is 3.32. The van der Waals surface area contributed by atoms with E-state index in [2.05, 4.69) is 15.6 Å². The third-order valence-corrected chi connectivity index (χ3v) is 5.98. The Bertz CT molecular complexity index is 1260. The van der Waals surface area contributed by atoms with Crippen molar-refractivity contribution < 1.29 is 34.5 Å². The van der Waals surface area contributed by atoms with E-state index in [4.69, 9.17) is 15.9 Å². The lowest BCUT2D eigenvalue weighted by Gasteiger charge is -2.24. The minimum absolute atomic E-state index is 0.0355. The second-order valence-corrected chi connectivity index (χ2v) is 8.75. The van der Waals surface area contributed by atoms with Crippen molar-refractivity contribution in [3.63, 3.8) is 0 Å². The molecule has 0 aliphatic heterocycles. The van der Waals surface area contributed by atoms with Crippen molar-refractivity contribution in [3.8, 4) is 0 Å². The van der Waals surface area contributed by atoms with Crippen LogP contribution in [0.2, 0.25) is 0 Å². The number of hydrogen-bond donors (Lipinski definition) is 8. The van der Waals surface area contributed by atoms with E-state index < -0.39 is 61.1 Å². The number of aromatic amines is 1. The van der Waals surface area contributed by atoms with Crippen LogP contribution in [0.1, 0.15) is 11.1 Å². The van der Waals surface area contributed by atoms with E-state index in [0.29, 0.717) is 5.56 Å². The summed E-state index contributed by atoms with van der Waals surface area (Å²) in [6, 6.07) is 11.2. The number of hydrogen-bond acceptors (Lipinski definition) is 7. The topological polar surface area (TPSA) is 207 Å². The minimum Gasteiger partial charge on any atom is -0.480 e. The van der Waals surface area contributed by atoms with Crippen molar-refractivity contribution in [2.45, 2.75) is 37.0 Å². The first-order valence-electron chi connectivity index (χ1n) is 11.9. The Kier molecular flexibility index (Phi) is 9.93. The Labute approximate surface area is 218 Å². The highest BCUT2D eigenvalue weighted by Crippen LogP contribution is 2.19. The number of carbonyl (C=O) groups is 4. The number of nitrogens with two attached hydrogens (primary N) is 1. The fourth-order valence-electron chi connectivity index (χ4n) is 3.89. The van der Waals surface area contributed by atoms with Crippen molar-refractivity contribution in [2.24, 2.45) is 5.73 Å². The third kappa shape index (κ3) is 7.38. The number of benzene rings is 2. The molecule has 0 saturated heterocycles. The number of para-hydroxylation sites is 1. The largest absolute Gasteiger partial charge is 0.480 e.